The molecule has 3 heterocycles. The van der Waals surface area contributed by atoms with Crippen molar-refractivity contribution in [3.63, 3.8) is 0 Å². The summed E-state index contributed by atoms with van der Waals surface area (Å²) in [5.74, 6) is 1.29. The molecule has 3 rings (SSSR count). The maximum absolute atomic E-state index is 5.40. The average molecular weight is 309 g/mol. The molecule has 2 aromatic rings. The number of halogens is 1. The van der Waals surface area contributed by atoms with Crippen LogP contribution in [0, 0.1) is 0 Å². The predicted octanol–water partition coefficient (Wildman–Crippen LogP) is 2.15. The maximum atomic E-state index is 5.40. The second-order valence-electron chi connectivity index (χ2n) is 4.80. The molecule has 1 unspecified atom stereocenters. The molecule has 0 spiro atoms. The largest absolute Gasteiger partial charge is 0.338 e. The number of aromatic nitrogens is 3. The molecule has 0 saturated carbocycles. The minimum absolute atomic E-state index is 0.0509. The molecule has 18 heavy (non-hydrogen) atoms. The maximum Gasteiger partial charge on any atom is 0.234 e. The lowest BCUT2D eigenvalue weighted by Crippen LogP contribution is -2.25. The molecule has 1 aliphatic heterocycles. The van der Waals surface area contributed by atoms with Crippen LogP contribution in [0.5, 0.6) is 0 Å². The van der Waals surface area contributed by atoms with Gasteiger partial charge >= 0.3 is 0 Å². The zero-order valence-electron chi connectivity index (χ0n) is 9.98. The molecule has 1 N–H and O–H groups in total. The highest BCUT2D eigenvalue weighted by Gasteiger charge is 2.36. The van der Waals surface area contributed by atoms with Gasteiger partial charge in [-0.25, -0.2) is 0 Å². The van der Waals surface area contributed by atoms with Crippen LogP contribution < -0.4 is 5.32 Å². The van der Waals surface area contributed by atoms with Crippen LogP contribution in [0.15, 0.2) is 27.5 Å². The number of hydrogen-bond donors (Lipinski definition) is 1. The van der Waals surface area contributed by atoms with E-state index >= 15 is 0 Å². The van der Waals surface area contributed by atoms with Crippen molar-refractivity contribution >= 4 is 15.9 Å². The highest BCUT2D eigenvalue weighted by atomic mass is 79.9. The summed E-state index contributed by atoms with van der Waals surface area (Å²) in [5, 5.41) is 7.36. The fraction of sp³-hybridized carbons (Fsp3) is 0.417. The normalized spacial score (nSPS) is 23.4. The minimum atomic E-state index is -0.0509. The molecular formula is C12H13BrN4O. The molecule has 6 heteroatoms. The third-order valence-corrected chi connectivity index (χ3v) is 3.71. The Labute approximate surface area is 113 Å². The topological polar surface area (TPSA) is 63.8 Å². The summed E-state index contributed by atoms with van der Waals surface area (Å²) >= 11 is 3.38. The van der Waals surface area contributed by atoms with Gasteiger partial charge in [0, 0.05) is 29.0 Å². The summed E-state index contributed by atoms with van der Waals surface area (Å²) in [6.45, 7) is 4.02. The third-order valence-electron chi connectivity index (χ3n) is 3.27. The van der Waals surface area contributed by atoms with Crippen molar-refractivity contribution in [3.05, 3.63) is 28.8 Å². The number of pyridine rings is 1. The van der Waals surface area contributed by atoms with Gasteiger partial charge < -0.3 is 9.84 Å². The van der Waals surface area contributed by atoms with E-state index in [0.29, 0.717) is 11.7 Å². The van der Waals surface area contributed by atoms with Crippen LogP contribution in [-0.4, -0.2) is 28.2 Å². The Morgan fingerprint density at radius 2 is 2.33 bits per heavy atom. The van der Waals surface area contributed by atoms with E-state index in [1.165, 1.54) is 0 Å². The Bertz CT molecular complexity index is 563. The van der Waals surface area contributed by atoms with Gasteiger partial charge in [0.05, 0.1) is 5.41 Å². The van der Waals surface area contributed by atoms with Gasteiger partial charge in [-0.15, -0.1) is 0 Å². The molecule has 5 nitrogen and oxygen atoms in total. The second kappa shape index (κ2) is 4.44. The molecule has 2 aromatic heterocycles. The first-order valence-corrected chi connectivity index (χ1v) is 6.62. The standard InChI is InChI=1S/C12H13BrN4O/c1-12(2-3-14-7-12)11-16-10(17-18-11)8-4-9(13)6-15-5-8/h4-6,14H,2-3,7H2,1H3. The van der Waals surface area contributed by atoms with Crippen LogP contribution >= 0.6 is 15.9 Å². The highest BCUT2D eigenvalue weighted by Crippen LogP contribution is 2.30. The summed E-state index contributed by atoms with van der Waals surface area (Å²) in [5.41, 5.74) is 0.805. The monoisotopic (exact) mass is 308 g/mol. The quantitative estimate of drug-likeness (QED) is 0.921. The van der Waals surface area contributed by atoms with Crippen molar-refractivity contribution < 1.29 is 4.52 Å². The summed E-state index contributed by atoms with van der Waals surface area (Å²) in [6.07, 6.45) is 4.48. The number of nitrogens with one attached hydrogen (secondary N) is 1. The van der Waals surface area contributed by atoms with Gasteiger partial charge in [-0.3, -0.25) is 4.98 Å². The molecular weight excluding hydrogens is 296 g/mol. The summed E-state index contributed by atoms with van der Waals surface area (Å²) in [7, 11) is 0. The van der Waals surface area contributed by atoms with Gasteiger partial charge in [-0.1, -0.05) is 5.16 Å². The Morgan fingerprint density at radius 1 is 1.44 bits per heavy atom. The van der Waals surface area contributed by atoms with E-state index < -0.39 is 0 Å². The Kier molecular flexibility index (Phi) is 2.91. The fourth-order valence-corrected chi connectivity index (χ4v) is 2.48. The van der Waals surface area contributed by atoms with E-state index in [1.54, 1.807) is 12.4 Å². The fourth-order valence-electron chi connectivity index (χ4n) is 2.12. The summed E-state index contributed by atoms with van der Waals surface area (Å²) in [4.78, 5) is 8.60. The summed E-state index contributed by atoms with van der Waals surface area (Å²) in [6, 6.07) is 1.93. The van der Waals surface area contributed by atoms with E-state index in [9.17, 15) is 0 Å². The van der Waals surface area contributed by atoms with Crippen molar-refractivity contribution in [2.24, 2.45) is 0 Å². The SMILES string of the molecule is CC1(c2nc(-c3cncc(Br)c3)no2)CCNC1. The van der Waals surface area contributed by atoms with Crippen molar-refractivity contribution in [1.29, 1.82) is 0 Å². The van der Waals surface area contributed by atoms with E-state index in [1.807, 2.05) is 6.07 Å². The first-order valence-electron chi connectivity index (χ1n) is 5.83. The minimum Gasteiger partial charge on any atom is -0.338 e. The number of nitrogens with zero attached hydrogens (tertiary/aromatic N) is 3. The molecule has 1 aliphatic rings. The van der Waals surface area contributed by atoms with Crippen molar-refractivity contribution in [3.8, 4) is 11.4 Å². The van der Waals surface area contributed by atoms with Crippen LogP contribution in [-0.2, 0) is 5.41 Å². The predicted molar refractivity (Wildman–Crippen MR) is 70.1 cm³/mol. The molecule has 1 saturated heterocycles. The molecule has 1 fully saturated rings. The van der Waals surface area contributed by atoms with E-state index in [4.69, 9.17) is 4.52 Å². The smallest absolute Gasteiger partial charge is 0.234 e. The number of hydrogen-bond acceptors (Lipinski definition) is 5. The Hall–Kier alpha value is -1.27. The lowest BCUT2D eigenvalue weighted by molar-refractivity contribution is 0.306. The number of rotatable bonds is 2. The Morgan fingerprint density at radius 3 is 3.06 bits per heavy atom. The van der Waals surface area contributed by atoms with Crippen molar-refractivity contribution in [2.75, 3.05) is 13.1 Å². The van der Waals surface area contributed by atoms with Crippen LogP contribution in [0.1, 0.15) is 19.2 Å². The van der Waals surface area contributed by atoms with Gasteiger partial charge in [-0.2, -0.15) is 4.98 Å². The molecule has 0 radical (unpaired) electrons. The molecule has 1 atom stereocenters. The van der Waals surface area contributed by atoms with Crippen LogP contribution in [0.2, 0.25) is 0 Å². The van der Waals surface area contributed by atoms with Gasteiger partial charge in [-0.05, 0) is 41.9 Å². The molecule has 0 bridgehead atoms. The molecule has 0 amide bonds. The zero-order valence-corrected chi connectivity index (χ0v) is 11.6. The summed E-state index contributed by atoms with van der Waals surface area (Å²) < 4.78 is 6.30. The lowest BCUT2D eigenvalue weighted by atomic mass is 9.90. The first-order chi connectivity index (χ1) is 8.67. The highest BCUT2D eigenvalue weighted by molar-refractivity contribution is 9.10. The van der Waals surface area contributed by atoms with Gasteiger partial charge in [0.15, 0.2) is 0 Å². The molecule has 0 aromatic carbocycles. The zero-order chi connectivity index (χ0) is 12.6. The van der Waals surface area contributed by atoms with Gasteiger partial charge in [0.25, 0.3) is 0 Å². The van der Waals surface area contributed by atoms with Crippen LogP contribution in [0.3, 0.4) is 0 Å². The second-order valence-corrected chi connectivity index (χ2v) is 5.72. The first kappa shape index (κ1) is 11.8. The van der Waals surface area contributed by atoms with E-state index in [0.717, 1.165) is 29.5 Å². The van der Waals surface area contributed by atoms with Crippen LogP contribution in [0.25, 0.3) is 11.4 Å². The lowest BCUT2D eigenvalue weighted by Gasteiger charge is -2.15. The van der Waals surface area contributed by atoms with Crippen LogP contribution in [0.4, 0.5) is 0 Å². The Balaban J connectivity index is 1.94. The third kappa shape index (κ3) is 2.06. The molecule has 94 valence electrons. The molecule has 0 aliphatic carbocycles. The van der Waals surface area contributed by atoms with Crippen molar-refractivity contribution in [2.45, 2.75) is 18.8 Å². The van der Waals surface area contributed by atoms with Gasteiger partial charge in [0.1, 0.15) is 0 Å². The van der Waals surface area contributed by atoms with Gasteiger partial charge in [0.2, 0.25) is 11.7 Å². The van der Waals surface area contributed by atoms with E-state index in [-0.39, 0.29) is 5.41 Å². The van der Waals surface area contributed by atoms with Crippen molar-refractivity contribution in [1.82, 2.24) is 20.4 Å². The van der Waals surface area contributed by atoms with E-state index in [2.05, 4.69) is 43.3 Å². The average Bonchev–Trinajstić information content (AvgIpc) is 2.98.